The van der Waals surface area contributed by atoms with Gasteiger partial charge < -0.3 is 5.73 Å². The average Bonchev–Trinajstić information content (AvgIpc) is 2.80. The summed E-state index contributed by atoms with van der Waals surface area (Å²) in [4.78, 5) is 4.04. The van der Waals surface area contributed by atoms with Gasteiger partial charge in [-0.25, -0.2) is 9.37 Å². The van der Waals surface area contributed by atoms with Gasteiger partial charge in [-0.05, 0) is 24.6 Å². The van der Waals surface area contributed by atoms with E-state index in [1.807, 2.05) is 6.92 Å². The second-order valence-corrected chi connectivity index (χ2v) is 4.71. The number of imidazole rings is 1. The van der Waals surface area contributed by atoms with E-state index in [0.717, 1.165) is 16.6 Å². The highest BCUT2D eigenvalue weighted by molar-refractivity contribution is 9.10. The van der Waals surface area contributed by atoms with Crippen LogP contribution in [0, 0.1) is 5.82 Å². The van der Waals surface area contributed by atoms with Gasteiger partial charge in [0, 0.05) is 10.5 Å². The highest BCUT2D eigenvalue weighted by Gasteiger charge is 2.13. The van der Waals surface area contributed by atoms with Gasteiger partial charge in [-0.15, -0.1) is 0 Å². The van der Waals surface area contributed by atoms with Gasteiger partial charge in [-0.1, -0.05) is 22.9 Å². The van der Waals surface area contributed by atoms with Crippen molar-refractivity contribution >= 4 is 15.9 Å². The van der Waals surface area contributed by atoms with Gasteiger partial charge >= 0.3 is 0 Å². The summed E-state index contributed by atoms with van der Waals surface area (Å²) in [6.45, 7) is 1.99. The van der Waals surface area contributed by atoms with Crippen molar-refractivity contribution in [3.05, 3.63) is 46.7 Å². The monoisotopic (exact) mass is 297 g/mol. The number of rotatable bonds is 3. The summed E-state index contributed by atoms with van der Waals surface area (Å²) in [5, 5.41) is 0. The number of hydrogen-bond donors (Lipinski definition) is 1. The van der Waals surface area contributed by atoms with Crippen molar-refractivity contribution in [1.82, 2.24) is 9.55 Å². The Bertz CT molecular complexity index is 524. The molecule has 5 heteroatoms. The Morgan fingerprint density at radius 3 is 3.00 bits per heavy atom. The molecule has 2 N–H and O–H groups in total. The van der Waals surface area contributed by atoms with Gasteiger partial charge in [0.05, 0.1) is 23.9 Å². The molecule has 0 spiro atoms. The van der Waals surface area contributed by atoms with Crippen LogP contribution < -0.4 is 5.73 Å². The minimum absolute atomic E-state index is 0.143. The van der Waals surface area contributed by atoms with E-state index in [0.29, 0.717) is 5.69 Å². The summed E-state index contributed by atoms with van der Waals surface area (Å²) >= 11 is 3.33. The maximum absolute atomic E-state index is 13.8. The van der Waals surface area contributed by atoms with E-state index < -0.39 is 0 Å². The van der Waals surface area contributed by atoms with Crippen LogP contribution in [0.25, 0.3) is 5.69 Å². The molecule has 0 aliphatic carbocycles. The highest BCUT2D eigenvalue weighted by atomic mass is 79.9. The van der Waals surface area contributed by atoms with Crippen LogP contribution in [0.2, 0.25) is 0 Å². The Balaban J connectivity index is 2.53. The Labute approximate surface area is 108 Å². The van der Waals surface area contributed by atoms with Crippen LogP contribution in [0.4, 0.5) is 4.39 Å². The normalized spacial score (nSPS) is 12.7. The maximum atomic E-state index is 13.8. The third-order valence-corrected chi connectivity index (χ3v) is 3.15. The maximum Gasteiger partial charge on any atom is 0.147 e. The smallest absolute Gasteiger partial charge is 0.147 e. The molecule has 0 unspecified atom stereocenters. The molecule has 0 aliphatic heterocycles. The third kappa shape index (κ3) is 2.40. The Morgan fingerprint density at radius 2 is 2.29 bits per heavy atom. The van der Waals surface area contributed by atoms with Crippen LogP contribution in [0.3, 0.4) is 0 Å². The molecule has 17 heavy (non-hydrogen) atoms. The first-order valence-corrected chi connectivity index (χ1v) is 6.16. The molecule has 0 amide bonds. The topological polar surface area (TPSA) is 43.8 Å². The highest BCUT2D eigenvalue weighted by Crippen LogP contribution is 2.23. The van der Waals surface area contributed by atoms with E-state index in [1.165, 1.54) is 6.07 Å². The first-order valence-electron chi connectivity index (χ1n) is 5.36. The van der Waals surface area contributed by atoms with Crippen LogP contribution in [-0.4, -0.2) is 9.55 Å². The number of nitrogens with zero attached hydrogens (tertiary/aromatic N) is 2. The Kier molecular flexibility index (Phi) is 3.59. The number of halogens is 2. The van der Waals surface area contributed by atoms with Crippen LogP contribution in [0.15, 0.2) is 35.2 Å². The predicted molar refractivity (Wildman–Crippen MR) is 68.4 cm³/mol. The van der Waals surface area contributed by atoms with E-state index in [1.54, 1.807) is 29.2 Å². The summed E-state index contributed by atoms with van der Waals surface area (Å²) in [5.74, 6) is -0.296. The van der Waals surface area contributed by atoms with Gasteiger partial charge in [0.1, 0.15) is 5.82 Å². The van der Waals surface area contributed by atoms with E-state index >= 15 is 0 Å². The first kappa shape index (κ1) is 12.3. The molecule has 0 saturated heterocycles. The molecule has 1 aromatic carbocycles. The zero-order chi connectivity index (χ0) is 12.4. The molecule has 1 aromatic heterocycles. The molecule has 90 valence electrons. The van der Waals surface area contributed by atoms with Crippen LogP contribution >= 0.6 is 15.9 Å². The van der Waals surface area contributed by atoms with E-state index in [2.05, 4.69) is 20.9 Å². The van der Waals surface area contributed by atoms with Crippen molar-refractivity contribution in [2.75, 3.05) is 0 Å². The minimum Gasteiger partial charge on any atom is -0.323 e. The molecule has 1 heterocycles. The SMILES string of the molecule is CC[C@@H](N)c1cncn1-c1cc(Br)ccc1F. The third-order valence-electron chi connectivity index (χ3n) is 2.65. The molecule has 2 aromatic rings. The number of benzene rings is 1. The molecular weight excluding hydrogens is 285 g/mol. The average molecular weight is 298 g/mol. The lowest BCUT2D eigenvalue weighted by Gasteiger charge is -2.13. The second-order valence-electron chi connectivity index (χ2n) is 3.80. The lowest BCUT2D eigenvalue weighted by atomic mass is 10.2. The standard InChI is InChI=1S/C12H13BrFN3/c1-2-10(15)12-6-16-7-17(12)11-5-8(13)3-4-9(11)14/h3-7,10H,2,15H2,1H3/t10-/m1/s1. The largest absolute Gasteiger partial charge is 0.323 e. The van der Waals surface area contributed by atoms with Crippen molar-refractivity contribution in [2.24, 2.45) is 5.73 Å². The van der Waals surface area contributed by atoms with Gasteiger partial charge in [-0.3, -0.25) is 4.57 Å². The Hall–Kier alpha value is -1.20. The predicted octanol–water partition coefficient (Wildman–Crippen LogP) is 3.18. The zero-order valence-corrected chi connectivity index (χ0v) is 11.0. The fourth-order valence-electron chi connectivity index (χ4n) is 1.66. The molecular formula is C12H13BrFN3. The summed E-state index contributed by atoms with van der Waals surface area (Å²) in [5.41, 5.74) is 7.23. The minimum atomic E-state index is -0.296. The molecule has 0 aliphatic rings. The Morgan fingerprint density at radius 1 is 1.53 bits per heavy atom. The fraction of sp³-hybridized carbons (Fsp3) is 0.250. The summed E-state index contributed by atoms with van der Waals surface area (Å²) in [7, 11) is 0. The lowest BCUT2D eigenvalue weighted by molar-refractivity contribution is 0.604. The van der Waals surface area contributed by atoms with E-state index in [-0.39, 0.29) is 11.9 Å². The van der Waals surface area contributed by atoms with Crippen LogP contribution in [-0.2, 0) is 0 Å². The lowest BCUT2D eigenvalue weighted by Crippen LogP contribution is -2.14. The van der Waals surface area contributed by atoms with Gasteiger partial charge in [0.2, 0.25) is 0 Å². The quantitative estimate of drug-likeness (QED) is 0.945. The summed E-state index contributed by atoms with van der Waals surface area (Å²) < 4.78 is 16.3. The van der Waals surface area contributed by atoms with Crippen molar-refractivity contribution in [2.45, 2.75) is 19.4 Å². The van der Waals surface area contributed by atoms with Crippen LogP contribution in [0.5, 0.6) is 0 Å². The molecule has 0 radical (unpaired) electrons. The number of nitrogens with two attached hydrogens (primary N) is 1. The number of hydrogen-bond acceptors (Lipinski definition) is 2. The van der Waals surface area contributed by atoms with Gasteiger partial charge in [0.25, 0.3) is 0 Å². The summed E-state index contributed by atoms with van der Waals surface area (Å²) in [6.07, 6.45) is 4.03. The van der Waals surface area contributed by atoms with Gasteiger partial charge in [-0.2, -0.15) is 0 Å². The first-order chi connectivity index (χ1) is 8.13. The van der Waals surface area contributed by atoms with Crippen molar-refractivity contribution < 1.29 is 4.39 Å². The molecule has 2 rings (SSSR count). The second kappa shape index (κ2) is 4.98. The fourth-order valence-corrected chi connectivity index (χ4v) is 2.01. The van der Waals surface area contributed by atoms with E-state index in [4.69, 9.17) is 5.73 Å². The van der Waals surface area contributed by atoms with Crippen molar-refractivity contribution in [3.63, 3.8) is 0 Å². The zero-order valence-electron chi connectivity index (χ0n) is 9.40. The molecule has 0 fully saturated rings. The van der Waals surface area contributed by atoms with Crippen molar-refractivity contribution in [3.8, 4) is 5.69 Å². The number of aromatic nitrogens is 2. The van der Waals surface area contributed by atoms with Crippen molar-refractivity contribution in [1.29, 1.82) is 0 Å². The summed E-state index contributed by atoms with van der Waals surface area (Å²) in [6, 6.07) is 4.65. The van der Waals surface area contributed by atoms with E-state index in [9.17, 15) is 4.39 Å². The molecule has 1 atom stereocenters. The van der Waals surface area contributed by atoms with Crippen LogP contribution in [0.1, 0.15) is 25.1 Å². The molecule has 3 nitrogen and oxygen atoms in total. The van der Waals surface area contributed by atoms with Gasteiger partial charge in [0.15, 0.2) is 0 Å². The molecule has 0 saturated carbocycles. The molecule has 0 bridgehead atoms.